The highest BCUT2D eigenvalue weighted by molar-refractivity contribution is 5.90. The lowest BCUT2D eigenvalue weighted by Crippen LogP contribution is -2.30. The molecule has 3 rings (SSSR count). The molecule has 0 aliphatic heterocycles. The van der Waals surface area contributed by atoms with Gasteiger partial charge in [-0.3, -0.25) is 4.98 Å². The Bertz CT molecular complexity index is 764. The molecule has 1 fully saturated rings. The molecule has 4 N–H and O–H groups in total. The minimum absolute atomic E-state index is 0.165. The third-order valence-corrected chi connectivity index (χ3v) is 4.55. The molecule has 1 aliphatic rings. The molecule has 0 spiro atoms. The molecule has 7 nitrogen and oxygen atoms in total. The smallest absolute Gasteiger partial charge is 0.225 e. The molecule has 1 aliphatic carbocycles. The lowest BCUT2D eigenvalue weighted by Gasteiger charge is -2.27. The van der Waals surface area contributed by atoms with E-state index < -0.39 is 6.10 Å². The van der Waals surface area contributed by atoms with E-state index in [-0.39, 0.29) is 17.7 Å². The van der Waals surface area contributed by atoms with Crippen molar-refractivity contribution in [3.05, 3.63) is 18.0 Å². The van der Waals surface area contributed by atoms with E-state index in [4.69, 9.17) is 4.98 Å². The molecule has 0 saturated heterocycles. The number of pyridine rings is 1. The molecule has 26 heavy (non-hydrogen) atoms. The van der Waals surface area contributed by atoms with Crippen LogP contribution in [0.1, 0.15) is 65.2 Å². The number of hydrogen-bond acceptors (Lipinski definition) is 7. The van der Waals surface area contributed by atoms with E-state index in [1.54, 1.807) is 13.1 Å². The van der Waals surface area contributed by atoms with Gasteiger partial charge in [0, 0.05) is 17.0 Å². The average Bonchev–Trinajstić information content (AvgIpc) is 2.55. The predicted molar refractivity (Wildman–Crippen MR) is 103 cm³/mol. The minimum atomic E-state index is -0.645. The molecule has 0 amide bonds. The van der Waals surface area contributed by atoms with Crippen molar-refractivity contribution in [3.63, 3.8) is 0 Å². The van der Waals surface area contributed by atoms with Crippen LogP contribution in [0.2, 0.25) is 0 Å². The molecule has 7 heteroatoms. The Balaban J connectivity index is 1.96. The van der Waals surface area contributed by atoms with Crippen LogP contribution in [-0.2, 0) is 0 Å². The zero-order valence-electron chi connectivity index (χ0n) is 16.0. The van der Waals surface area contributed by atoms with Crippen molar-refractivity contribution >= 4 is 22.7 Å². The van der Waals surface area contributed by atoms with Crippen LogP contribution in [0.15, 0.2) is 12.3 Å². The summed E-state index contributed by atoms with van der Waals surface area (Å²) in [6.45, 7) is 7.92. The van der Waals surface area contributed by atoms with E-state index in [9.17, 15) is 10.2 Å². The third kappa shape index (κ3) is 4.59. The van der Waals surface area contributed by atoms with Crippen LogP contribution in [0.4, 0.5) is 11.8 Å². The van der Waals surface area contributed by atoms with Gasteiger partial charge in [-0.15, -0.1) is 0 Å². The monoisotopic (exact) mass is 359 g/mol. The summed E-state index contributed by atoms with van der Waals surface area (Å²) in [4.78, 5) is 13.6. The highest BCUT2D eigenvalue weighted by atomic mass is 16.3. The third-order valence-electron chi connectivity index (χ3n) is 4.55. The largest absolute Gasteiger partial charge is 0.393 e. The highest BCUT2D eigenvalue weighted by Gasteiger charge is 2.21. The summed E-state index contributed by atoms with van der Waals surface area (Å²) in [5.41, 5.74) is 1.16. The van der Waals surface area contributed by atoms with Crippen molar-refractivity contribution in [1.29, 1.82) is 0 Å². The number of nitrogens with zero attached hydrogens (tertiary/aromatic N) is 3. The standard InChI is InChI=1S/C19H29N5O2/c1-11(25)15-9-14-16(10-20-15)22-18(23-17(14)24-19(2,3)4)21-12-5-7-13(26)8-6-12/h9-13,25-26H,5-8H2,1-4H3,(H2,21,22,23,24)/t11-,12?,13?/m1/s1. The van der Waals surface area contributed by atoms with Crippen LogP contribution in [-0.4, -0.2) is 42.8 Å². The van der Waals surface area contributed by atoms with Crippen LogP contribution in [0.5, 0.6) is 0 Å². The number of hydrogen-bond donors (Lipinski definition) is 4. The molecule has 1 saturated carbocycles. The van der Waals surface area contributed by atoms with E-state index in [0.717, 1.165) is 42.4 Å². The fraction of sp³-hybridized carbons (Fsp3) is 0.632. The van der Waals surface area contributed by atoms with Crippen LogP contribution < -0.4 is 10.6 Å². The maximum absolute atomic E-state index is 9.84. The summed E-state index contributed by atoms with van der Waals surface area (Å²) in [6.07, 6.45) is 4.27. The Morgan fingerprint density at radius 1 is 1.15 bits per heavy atom. The summed E-state index contributed by atoms with van der Waals surface area (Å²) in [6, 6.07) is 2.11. The Morgan fingerprint density at radius 3 is 2.46 bits per heavy atom. The maximum Gasteiger partial charge on any atom is 0.225 e. The second-order valence-electron chi connectivity index (χ2n) is 8.22. The van der Waals surface area contributed by atoms with Gasteiger partial charge in [0.05, 0.1) is 29.6 Å². The molecule has 1 atom stereocenters. The van der Waals surface area contributed by atoms with Crippen molar-refractivity contribution in [3.8, 4) is 0 Å². The molecule has 2 heterocycles. The van der Waals surface area contributed by atoms with Crippen LogP contribution >= 0.6 is 0 Å². The van der Waals surface area contributed by atoms with Crippen molar-refractivity contribution in [2.75, 3.05) is 10.6 Å². The quantitative estimate of drug-likeness (QED) is 0.665. The fourth-order valence-electron chi connectivity index (χ4n) is 3.19. The van der Waals surface area contributed by atoms with Gasteiger partial charge in [0.2, 0.25) is 5.95 Å². The summed E-state index contributed by atoms with van der Waals surface area (Å²) in [5.74, 6) is 1.29. The number of anilines is 2. The molecule has 0 aromatic carbocycles. The van der Waals surface area contributed by atoms with Crippen molar-refractivity contribution in [2.24, 2.45) is 0 Å². The highest BCUT2D eigenvalue weighted by Crippen LogP contribution is 2.28. The second-order valence-corrected chi connectivity index (χ2v) is 8.22. The van der Waals surface area contributed by atoms with E-state index in [0.29, 0.717) is 11.6 Å². The Morgan fingerprint density at radius 2 is 1.85 bits per heavy atom. The van der Waals surface area contributed by atoms with Gasteiger partial charge in [-0.05, 0) is 59.4 Å². The van der Waals surface area contributed by atoms with Gasteiger partial charge in [-0.1, -0.05) is 0 Å². The van der Waals surface area contributed by atoms with Crippen LogP contribution in [0, 0.1) is 0 Å². The first-order valence-corrected chi connectivity index (χ1v) is 9.30. The molecule has 0 radical (unpaired) electrons. The summed E-state index contributed by atoms with van der Waals surface area (Å²) in [5, 5.41) is 27.2. The van der Waals surface area contributed by atoms with Gasteiger partial charge >= 0.3 is 0 Å². The van der Waals surface area contributed by atoms with E-state index >= 15 is 0 Å². The van der Waals surface area contributed by atoms with Gasteiger partial charge in [-0.2, -0.15) is 4.98 Å². The van der Waals surface area contributed by atoms with E-state index in [1.807, 2.05) is 6.07 Å². The first kappa shape index (κ1) is 18.8. The Labute approximate surface area is 154 Å². The van der Waals surface area contributed by atoms with E-state index in [1.165, 1.54) is 0 Å². The van der Waals surface area contributed by atoms with Gasteiger partial charge in [0.15, 0.2) is 0 Å². The van der Waals surface area contributed by atoms with Crippen molar-refractivity contribution < 1.29 is 10.2 Å². The number of aliphatic hydroxyl groups is 2. The first-order valence-electron chi connectivity index (χ1n) is 9.30. The summed E-state index contributed by atoms with van der Waals surface area (Å²) in [7, 11) is 0. The zero-order valence-corrected chi connectivity index (χ0v) is 16.0. The van der Waals surface area contributed by atoms with E-state index in [2.05, 4.69) is 41.4 Å². The number of nitrogens with one attached hydrogen (secondary N) is 2. The fourth-order valence-corrected chi connectivity index (χ4v) is 3.19. The lowest BCUT2D eigenvalue weighted by molar-refractivity contribution is 0.126. The van der Waals surface area contributed by atoms with Crippen LogP contribution in [0.3, 0.4) is 0 Å². The second kappa shape index (κ2) is 7.32. The van der Waals surface area contributed by atoms with Crippen LogP contribution in [0.25, 0.3) is 10.9 Å². The molecule has 2 aromatic rings. The molecule has 0 unspecified atom stereocenters. The minimum Gasteiger partial charge on any atom is -0.393 e. The Kier molecular flexibility index (Phi) is 5.29. The number of fused-ring (bicyclic) bond motifs is 1. The lowest BCUT2D eigenvalue weighted by atomic mass is 9.93. The molecule has 0 bridgehead atoms. The maximum atomic E-state index is 9.84. The van der Waals surface area contributed by atoms with Gasteiger partial charge < -0.3 is 20.8 Å². The summed E-state index contributed by atoms with van der Waals surface area (Å²) >= 11 is 0. The molecule has 2 aromatic heterocycles. The molecular formula is C19H29N5O2. The normalized spacial score (nSPS) is 22.2. The van der Waals surface area contributed by atoms with Crippen molar-refractivity contribution in [1.82, 2.24) is 15.0 Å². The molecular weight excluding hydrogens is 330 g/mol. The SMILES string of the molecule is C[C@@H](O)c1cc2c(NC(C)(C)C)nc(NC3CCC(O)CC3)nc2cn1. The Hall–Kier alpha value is -1.99. The topological polar surface area (TPSA) is 103 Å². The average molecular weight is 359 g/mol. The summed E-state index contributed by atoms with van der Waals surface area (Å²) < 4.78 is 0. The number of rotatable bonds is 4. The first-order chi connectivity index (χ1) is 12.2. The molecule has 142 valence electrons. The van der Waals surface area contributed by atoms with Gasteiger partial charge in [0.25, 0.3) is 0 Å². The number of aliphatic hydroxyl groups excluding tert-OH is 2. The van der Waals surface area contributed by atoms with Crippen molar-refractivity contribution in [2.45, 2.75) is 77.2 Å². The van der Waals surface area contributed by atoms with Gasteiger partial charge in [-0.25, -0.2) is 4.98 Å². The predicted octanol–water partition coefficient (Wildman–Crippen LogP) is 3.00. The van der Waals surface area contributed by atoms with Gasteiger partial charge in [0.1, 0.15) is 5.82 Å². The number of aromatic nitrogens is 3. The zero-order chi connectivity index (χ0) is 18.9.